The lowest BCUT2D eigenvalue weighted by Crippen LogP contribution is -2.17. The molecule has 0 amide bonds. The van der Waals surface area contributed by atoms with Crippen molar-refractivity contribution in [1.29, 1.82) is 0 Å². The molecule has 0 saturated carbocycles. The average molecular weight is 334 g/mol. The number of nitrogens with one attached hydrogen (secondary N) is 1. The first-order valence-corrected chi connectivity index (χ1v) is 8.89. The molecule has 0 bridgehead atoms. The minimum Gasteiger partial charge on any atom is -0.278 e. The summed E-state index contributed by atoms with van der Waals surface area (Å²) in [5.41, 5.74) is 3.53. The molecule has 3 nitrogen and oxygen atoms in total. The van der Waals surface area contributed by atoms with Crippen LogP contribution >= 0.6 is 11.6 Å². The zero-order chi connectivity index (χ0) is 15.7. The number of rotatable bonds is 3. The van der Waals surface area contributed by atoms with E-state index in [1.54, 1.807) is 18.2 Å². The predicted molar refractivity (Wildman–Crippen MR) is 91.5 cm³/mol. The summed E-state index contributed by atoms with van der Waals surface area (Å²) in [5.74, 6) is 0. The summed E-state index contributed by atoms with van der Waals surface area (Å²) in [6.45, 7) is 1.91. The lowest BCUT2D eigenvalue weighted by Gasteiger charge is -2.18. The Balaban J connectivity index is 1.93. The summed E-state index contributed by atoms with van der Waals surface area (Å²) in [6, 6.07) is 13.1. The van der Waals surface area contributed by atoms with E-state index in [0.29, 0.717) is 22.0 Å². The van der Waals surface area contributed by atoms with E-state index >= 15 is 0 Å². The molecule has 0 fully saturated rings. The van der Waals surface area contributed by atoms with Gasteiger partial charge in [-0.2, -0.15) is 0 Å². The van der Waals surface area contributed by atoms with Crippen molar-refractivity contribution in [1.82, 2.24) is 0 Å². The summed E-state index contributed by atoms with van der Waals surface area (Å²) in [7, 11) is -3.59. The number of benzene rings is 2. The Labute approximate surface area is 135 Å². The monoisotopic (exact) mass is 333 g/mol. The molecule has 0 atom stereocenters. The van der Waals surface area contributed by atoms with Gasteiger partial charge in [0.2, 0.25) is 0 Å². The van der Waals surface area contributed by atoms with E-state index in [-0.39, 0.29) is 0 Å². The van der Waals surface area contributed by atoms with Crippen LogP contribution in [0.3, 0.4) is 0 Å². The van der Waals surface area contributed by atoms with Crippen molar-refractivity contribution in [2.24, 2.45) is 0 Å². The first kappa shape index (κ1) is 15.1. The molecule has 0 unspecified atom stereocenters. The van der Waals surface area contributed by atoms with E-state index in [4.69, 9.17) is 11.6 Å². The lowest BCUT2D eigenvalue weighted by atomic mass is 9.98. The molecule has 0 aromatic heterocycles. The van der Waals surface area contributed by atoms with Crippen LogP contribution in [-0.4, -0.2) is 8.42 Å². The highest BCUT2D eigenvalue weighted by atomic mass is 35.5. The maximum Gasteiger partial charge on any atom is 0.258 e. The van der Waals surface area contributed by atoms with Crippen molar-refractivity contribution in [3.63, 3.8) is 0 Å². The third kappa shape index (κ3) is 3.03. The molecule has 1 aliphatic rings. The Kier molecular flexibility index (Phi) is 3.98. The van der Waals surface area contributed by atoms with Crippen molar-refractivity contribution in [3.05, 3.63) is 69.1 Å². The first-order valence-electron chi connectivity index (χ1n) is 7.03. The highest BCUT2D eigenvalue weighted by Crippen LogP contribution is 2.30. The third-order valence-electron chi connectivity index (χ3n) is 3.73. The quantitative estimate of drug-likeness (QED) is 0.906. The van der Waals surface area contributed by atoms with Gasteiger partial charge >= 0.3 is 0 Å². The van der Waals surface area contributed by atoms with Crippen LogP contribution in [0.4, 0.5) is 5.69 Å². The molecule has 3 rings (SSSR count). The lowest BCUT2D eigenvalue weighted by molar-refractivity contribution is 0.605. The zero-order valence-corrected chi connectivity index (χ0v) is 13.7. The number of hydrogen-bond acceptors (Lipinski definition) is 2. The van der Waals surface area contributed by atoms with Crippen molar-refractivity contribution in [3.8, 4) is 0 Å². The van der Waals surface area contributed by atoms with Gasteiger partial charge in [0.25, 0.3) is 10.0 Å². The van der Waals surface area contributed by atoms with Crippen LogP contribution in [0.25, 0.3) is 6.08 Å². The summed E-state index contributed by atoms with van der Waals surface area (Å²) in [6.07, 6.45) is 2.96. The van der Waals surface area contributed by atoms with E-state index in [9.17, 15) is 8.42 Å². The highest BCUT2D eigenvalue weighted by molar-refractivity contribution is 7.96. The van der Waals surface area contributed by atoms with Gasteiger partial charge < -0.3 is 0 Å². The molecule has 22 heavy (non-hydrogen) atoms. The summed E-state index contributed by atoms with van der Waals surface area (Å²) >= 11 is 6.11. The fourth-order valence-electron chi connectivity index (χ4n) is 2.53. The zero-order valence-electron chi connectivity index (χ0n) is 12.1. The van der Waals surface area contributed by atoms with Crippen LogP contribution in [0.1, 0.15) is 23.1 Å². The molecule has 1 N–H and O–H groups in total. The molecule has 2 aromatic carbocycles. The minimum absolute atomic E-state index is 0.392. The molecule has 0 spiro atoms. The van der Waals surface area contributed by atoms with Crippen LogP contribution in [0.2, 0.25) is 5.02 Å². The SMILES string of the molecule is Cc1ccc(NS(=O)(=O)C2=Cc3ccccc3CC2)c(Cl)c1. The van der Waals surface area contributed by atoms with Gasteiger partial charge in [0.05, 0.1) is 15.6 Å². The summed E-state index contributed by atoms with van der Waals surface area (Å²) < 4.78 is 27.7. The normalized spacial score (nSPS) is 14.2. The number of hydrogen-bond donors (Lipinski definition) is 1. The third-order valence-corrected chi connectivity index (χ3v) is 5.54. The van der Waals surface area contributed by atoms with Gasteiger partial charge in [-0.15, -0.1) is 0 Å². The van der Waals surface area contributed by atoms with Crippen molar-refractivity contribution in [2.45, 2.75) is 19.8 Å². The van der Waals surface area contributed by atoms with Gasteiger partial charge in [-0.3, -0.25) is 4.72 Å². The van der Waals surface area contributed by atoms with E-state index in [2.05, 4.69) is 4.72 Å². The maximum absolute atomic E-state index is 12.6. The molecule has 1 aliphatic carbocycles. The summed E-state index contributed by atoms with van der Waals surface area (Å²) in [4.78, 5) is 0.392. The summed E-state index contributed by atoms with van der Waals surface area (Å²) in [5, 5.41) is 0.403. The maximum atomic E-state index is 12.6. The number of fused-ring (bicyclic) bond motifs is 1. The molecule has 0 radical (unpaired) electrons. The van der Waals surface area contributed by atoms with Crippen LogP contribution in [0.15, 0.2) is 47.4 Å². The van der Waals surface area contributed by atoms with E-state index in [1.165, 1.54) is 5.56 Å². The standard InChI is InChI=1S/C17H16ClNO2S/c1-12-6-9-17(16(18)10-12)19-22(20,21)15-8-7-13-4-2-3-5-14(13)11-15/h2-6,9-11,19H,7-8H2,1H3. The van der Waals surface area contributed by atoms with Crippen molar-refractivity contribution in [2.75, 3.05) is 4.72 Å². The molecular weight excluding hydrogens is 318 g/mol. The Morgan fingerprint density at radius 3 is 2.64 bits per heavy atom. The second kappa shape index (κ2) is 5.78. The van der Waals surface area contributed by atoms with Crippen LogP contribution in [0, 0.1) is 6.92 Å². The molecule has 0 heterocycles. The second-order valence-electron chi connectivity index (χ2n) is 5.40. The fraction of sp³-hybridized carbons (Fsp3) is 0.176. The van der Waals surface area contributed by atoms with E-state index in [0.717, 1.165) is 17.5 Å². The number of allylic oxidation sites excluding steroid dienone is 1. The fourth-order valence-corrected chi connectivity index (χ4v) is 4.12. The topological polar surface area (TPSA) is 46.2 Å². The minimum atomic E-state index is -3.59. The Morgan fingerprint density at radius 2 is 1.86 bits per heavy atom. The largest absolute Gasteiger partial charge is 0.278 e. The van der Waals surface area contributed by atoms with Crippen molar-refractivity contribution >= 4 is 33.4 Å². The molecule has 0 saturated heterocycles. The second-order valence-corrected chi connectivity index (χ2v) is 7.54. The van der Waals surface area contributed by atoms with Crippen LogP contribution in [-0.2, 0) is 16.4 Å². The van der Waals surface area contributed by atoms with Gasteiger partial charge in [-0.25, -0.2) is 8.42 Å². The Bertz CT molecular complexity index is 857. The van der Waals surface area contributed by atoms with E-state index < -0.39 is 10.0 Å². The molecule has 5 heteroatoms. The molecule has 114 valence electrons. The van der Waals surface area contributed by atoms with Gasteiger partial charge in [-0.05, 0) is 54.7 Å². The Morgan fingerprint density at radius 1 is 1.09 bits per heavy atom. The first-order chi connectivity index (χ1) is 10.5. The highest BCUT2D eigenvalue weighted by Gasteiger charge is 2.22. The number of aryl methyl sites for hydroxylation is 2. The predicted octanol–water partition coefficient (Wildman–Crippen LogP) is 4.38. The van der Waals surface area contributed by atoms with Gasteiger partial charge in [0.15, 0.2) is 0 Å². The van der Waals surface area contributed by atoms with Gasteiger partial charge in [0, 0.05) is 0 Å². The number of halogens is 1. The van der Waals surface area contributed by atoms with Gasteiger partial charge in [0.1, 0.15) is 0 Å². The number of anilines is 1. The Hall–Kier alpha value is -1.78. The molecule has 0 aliphatic heterocycles. The van der Waals surface area contributed by atoms with Crippen molar-refractivity contribution < 1.29 is 8.42 Å². The molecule has 2 aromatic rings. The average Bonchev–Trinajstić information content (AvgIpc) is 2.49. The van der Waals surface area contributed by atoms with E-state index in [1.807, 2.05) is 37.3 Å². The number of sulfonamides is 1. The van der Waals surface area contributed by atoms with Crippen LogP contribution < -0.4 is 4.72 Å². The van der Waals surface area contributed by atoms with Gasteiger partial charge in [-0.1, -0.05) is 41.9 Å². The molecular formula is C17H16ClNO2S. The smallest absolute Gasteiger partial charge is 0.258 e. The van der Waals surface area contributed by atoms with Crippen LogP contribution in [0.5, 0.6) is 0 Å².